The number of hydrogen-bond donors (Lipinski definition) is 6. The fourth-order valence-corrected chi connectivity index (χ4v) is 3.80. The van der Waals surface area contributed by atoms with Crippen LogP contribution in [0.5, 0.6) is 0 Å². The van der Waals surface area contributed by atoms with Crippen LogP contribution >= 0.6 is 0 Å². The van der Waals surface area contributed by atoms with Gasteiger partial charge in [0.05, 0.1) is 30.5 Å². The third-order valence-electron chi connectivity index (χ3n) is 5.12. The van der Waals surface area contributed by atoms with E-state index in [1.54, 1.807) is 13.0 Å². The summed E-state index contributed by atoms with van der Waals surface area (Å²) in [4.78, 5) is 0. The molecule has 1 saturated heterocycles. The maximum Gasteiger partial charge on any atom is 0.207 e. The highest BCUT2D eigenvalue weighted by atomic mass is 16.8. The summed E-state index contributed by atoms with van der Waals surface area (Å²) < 4.78 is 16.3. The number of rotatable bonds is 3. The molecule has 3 aliphatic rings. The molecule has 9 heteroatoms. The van der Waals surface area contributed by atoms with Crippen LogP contribution in [0.2, 0.25) is 0 Å². The molecule has 0 aromatic rings. The second-order valence-corrected chi connectivity index (χ2v) is 6.90. The van der Waals surface area contributed by atoms with Crippen molar-refractivity contribution in [3.8, 4) is 0 Å². The van der Waals surface area contributed by atoms with Gasteiger partial charge in [0.1, 0.15) is 24.4 Å². The third-order valence-corrected chi connectivity index (χ3v) is 5.12. The van der Waals surface area contributed by atoms with Crippen LogP contribution < -0.4 is 0 Å². The predicted molar refractivity (Wildman–Crippen MR) is 77.1 cm³/mol. The van der Waals surface area contributed by atoms with Crippen LogP contribution in [0, 0.1) is 11.8 Å². The molecular weight excluding hydrogens is 324 g/mol. The van der Waals surface area contributed by atoms with Gasteiger partial charge in [-0.1, -0.05) is 0 Å². The zero-order valence-electron chi connectivity index (χ0n) is 13.2. The molecule has 3 rings (SSSR count). The lowest BCUT2D eigenvalue weighted by atomic mass is 9.85. The molecule has 24 heavy (non-hydrogen) atoms. The number of hydrogen-bond acceptors (Lipinski definition) is 9. The zero-order chi connectivity index (χ0) is 17.6. The average molecular weight is 348 g/mol. The van der Waals surface area contributed by atoms with Gasteiger partial charge < -0.3 is 44.8 Å². The maximum atomic E-state index is 10.5. The van der Waals surface area contributed by atoms with E-state index in [0.717, 1.165) is 0 Å². The van der Waals surface area contributed by atoms with Gasteiger partial charge in [0.15, 0.2) is 6.29 Å². The molecule has 0 radical (unpaired) electrons. The molecule has 138 valence electrons. The molecule has 0 aromatic carbocycles. The van der Waals surface area contributed by atoms with Crippen molar-refractivity contribution in [3.63, 3.8) is 0 Å². The lowest BCUT2D eigenvalue weighted by Crippen LogP contribution is -2.60. The Morgan fingerprint density at radius 2 is 1.83 bits per heavy atom. The van der Waals surface area contributed by atoms with Gasteiger partial charge >= 0.3 is 0 Å². The first-order valence-electron chi connectivity index (χ1n) is 7.95. The molecule has 2 fully saturated rings. The second kappa shape index (κ2) is 6.50. The van der Waals surface area contributed by atoms with Gasteiger partial charge in [0.2, 0.25) is 6.29 Å². The minimum absolute atomic E-state index is 0.143. The summed E-state index contributed by atoms with van der Waals surface area (Å²) in [6.07, 6.45) is -5.74. The Kier molecular flexibility index (Phi) is 4.89. The lowest BCUT2D eigenvalue weighted by Gasteiger charge is -2.43. The van der Waals surface area contributed by atoms with Gasteiger partial charge in [-0.05, 0) is 13.0 Å². The fourth-order valence-electron chi connectivity index (χ4n) is 3.80. The molecule has 10 atom stereocenters. The molecule has 1 saturated carbocycles. The summed E-state index contributed by atoms with van der Waals surface area (Å²) in [5.41, 5.74) is -1.26. The molecule has 0 amide bonds. The Morgan fingerprint density at radius 1 is 1.12 bits per heavy atom. The van der Waals surface area contributed by atoms with Crippen LogP contribution in [0.15, 0.2) is 12.3 Å². The van der Waals surface area contributed by atoms with E-state index >= 15 is 0 Å². The topological polar surface area (TPSA) is 149 Å². The van der Waals surface area contributed by atoms with Crippen LogP contribution in [0.3, 0.4) is 0 Å². The van der Waals surface area contributed by atoms with Crippen LogP contribution in [-0.4, -0.2) is 85.9 Å². The van der Waals surface area contributed by atoms with Crippen LogP contribution in [-0.2, 0) is 14.2 Å². The summed E-state index contributed by atoms with van der Waals surface area (Å²) in [5.74, 6) is -0.992. The second-order valence-electron chi connectivity index (χ2n) is 6.90. The van der Waals surface area contributed by atoms with Gasteiger partial charge in [0, 0.05) is 12.3 Å². The largest absolute Gasteiger partial charge is 0.472 e. The first kappa shape index (κ1) is 18.0. The normalized spacial score (nSPS) is 54.4. The van der Waals surface area contributed by atoms with Gasteiger partial charge in [-0.25, -0.2) is 0 Å². The highest BCUT2D eigenvalue weighted by Gasteiger charge is 2.56. The molecule has 6 N–H and O–H groups in total. The number of aliphatic hydroxyl groups excluding tert-OH is 5. The standard InChI is InChI=1S/C15H24O9/c1-15(21)4-7(17)6-2-3-22-13(9(6)15)24-14-12(20)11(19)10(18)8(5-16)23-14/h2-3,6-14,16-21H,4-5H2,1H3/t6-,7-,8-,9-,10-,11+,12+,13+,14-,15+/m1/s1. The summed E-state index contributed by atoms with van der Waals surface area (Å²) in [5, 5.41) is 59.5. The van der Waals surface area contributed by atoms with Crippen molar-refractivity contribution in [3.05, 3.63) is 12.3 Å². The maximum absolute atomic E-state index is 10.5. The van der Waals surface area contributed by atoms with Crippen molar-refractivity contribution in [2.45, 2.75) is 62.0 Å². The number of aliphatic hydroxyl groups is 6. The van der Waals surface area contributed by atoms with E-state index < -0.39 is 61.2 Å². The van der Waals surface area contributed by atoms with E-state index in [1.165, 1.54) is 6.26 Å². The van der Waals surface area contributed by atoms with Crippen molar-refractivity contribution in [2.75, 3.05) is 6.61 Å². The van der Waals surface area contributed by atoms with E-state index in [0.29, 0.717) is 0 Å². The first-order valence-corrected chi connectivity index (χ1v) is 7.95. The Bertz CT molecular complexity index is 480. The van der Waals surface area contributed by atoms with Gasteiger partial charge in [-0.15, -0.1) is 0 Å². The fraction of sp³-hybridized carbons (Fsp3) is 0.867. The van der Waals surface area contributed by atoms with Gasteiger partial charge in [-0.2, -0.15) is 0 Å². The van der Waals surface area contributed by atoms with Crippen molar-refractivity contribution in [1.29, 1.82) is 0 Å². The van der Waals surface area contributed by atoms with Gasteiger partial charge in [-0.3, -0.25) is 0 Å². The van der Waals surface area contributed by atoms with E-state index in [9.17, 15) is 30.6 Å². The van der Waals surface area contributed by atoms with Crippen molar-refractivity contribution in [2.24, 2.45) is 11.8 Å². The Hall–Kier alpha value is -0.780. The Labute approximate surface area is 138 Å². The molecule has 2 aliphatic heterocycles. The van der Waals surface area contributed by atoms with E-state index in [4.69, 9.17) is 14.2 Å². The van der Waals surface area contributed by atoms with E-state index in [-0.39, 0.29) is 12.3 Å². The molecular formula is C15H24O9. The van der Waals surface area contributed by atoms with Crippen LogP contribution in [0.1, 0.15) is 13.3 Å². The van der Waals surface area contributed by atoms with E-state index in [1.807, 2.05) is 0 Å². The summed E-state index contributed by atoms with van der Waals surface area (Å²) in [7, 11) is 0. The van der Waals surface area contributed by atoms with Gasteiger partial charge in [0.25, 0.3) is 0 Å². The molecule has 2 heterocycles. The zero-order valence-corrected chi connectivity index (χ0v) is 13.2. The highest BCUT2D eigenvalue weighted by Crippen LogP contribution is 2.46. The van der Waals surface area contributed by atoms with E-state index in [2.05, 4.69) is 0 Å². The average Bonchev–Trinajstić information content (AvgIpc) is 2.78. The van der Waals surface area contributed by atoms with Crippen LogP contribution in [0.4, 0.5) is 0 Å². The lowest BCUT2D eigenvalue weighted by molar-refractivity contribution is -0.346. The molecule has 1 aliphatic carbocycles. The van der Waals surface area contributed by atoms with Crippen molar-refractivity contribution in [1.82, 2.24) is 0 Å². The Morgan fingerprint density at radius 3 is 2.50 bits per heavy atom. The highest BCUT2D eigenvalue weighted by molar-refractivity contribution is 5.10. The minimum atomic E-state index is -1.56. The summed E-state index contributed by atoms with van der Waals surface area (Å²) >= 11 is 0. The smallest absolute Gasteiger partial charge is 0.207 e. The molecule has 0 aromatic heterocycles. The summed E-state index contributed by atoms with van der Waals surface area (Å²) in [6.45, 7) is 0.992. The summed E-state index contributed by atoms with van der Waals surface area (Å²) in [6, 6.07) is 0. The predicted octanol–water partition coefficient (Wildman–Crippen LogP) is -2.58. The SMILES string of the molecule is C[C@]1(O)C[C@@H](O)[C@H]2C=CO[C@@H](O[C@H]3O[C@H](CO)[C@@H](O)[C@H](O)[C@@H]3O)[C@@H]21. The third kappa shape index (κ3) is 2.95. The monoisotopic (exact) mass is 348 g/mol. The molecule has 9 nitrogen and oxygen atoms in total. The minimum Gasteiger partial charge on any atom is -0.472 e. The number of fused-ring (bicyclic) bond motifs is 1. The van der Waals surface area contributed by atoms with Crippen molar-refractivity contribution >= 4 is 0 Å². The molecule has 0 unspecified atom stereocenters. The molecule has 0 spiro atoms. The number of ether oxygens (including phenoxy) is 3. The molecule has 0 bridgehead atoms. The Balaban J connectivity index is 1.76. The quantitative estimate of drug-likeness (QED) is 0.323. The van der Waals surface area contributed by atoms with Crippen molar-refractivity contribution < 1.29 is 44.8 Å². The first-order chi connectivity index (χ1) is 11.3. The van der Waals surface area contributed by atoms with Crippen LogP contribution in [0.25, 0.3) is 0 Å².